The first-order valence-electron chi connectivity index (χ1n) is 5.26. The Morgan fingerprint density at radius 3 is 3.00 bits per heavy atom. The van der Waals surface area contributed by atoms with E-state index in [9.17, 15) is 4.79 Å². The maximum atomic E-state index is 10.5. The van der Waals surface area contributed by atoms with E-state index < -0.39 is 5.97 Å². The highest BCUT2D eigenvalue weighted by molar-refractivity contribution is 7.99. The molecule has 1 aromatic heterocycles. The third-order valence-electron chi connectivity index (χ3n) is 1.94. The van der Waals surface area contributed by atoms with Crippen molar-refractivity contribution in [2.24, 2.45) is 0 Å². The zero-order valence-electron chi connectivity index (χ0n) is 9.63. The van der Waals surface area contributed by atoms with Crippen LogP contribution in [0.25, 0.3) is 0 Å². The molecule has 1 rings (SSSR count). The van der Waals surface area contributed by atoms with Crippen LogP contribution >= 0.6 is 11.8 Å². The monoisotopic (exact) mass is 260 g/mol. The number of hydrogen-bond donors (Lipinski definition) is 2. The van der Waals surface area contributed by atoms with E-state index in [0.717, 1.165) is 18.2 Å². The van der Waals surface area contributed by atoms with E-state index in [0.29, 0.717) is 30.9 Å². The topological polar surface area (TPSA) is 103 Å². The summed E-state index contributed by atoms with van der Waals surface area (Å²) >= 11 is 1.11. The molecule has 0 fully saturated rings. The van der Waals surface area contributed by atoms with E-state index in [-0.39, 0.29) is 5.75 Å². The quantitative estimate of drug-likeness (QED) is 0.517. The minimum Gasteiger partial charge on any atom is -0.481 e. The normalized spacial score (nSPS) is 10.6. The Morgan fingerprint density at radius 1 is 1.59 bits per heavy atom. The molecule has 0 aliphatic heterocycles. The predicted octanol–water partition coefficient (Wildman–Crippen LogP) is 0.464. The predicted molar refractivity (Wildman–Crippen MR) is 63.9 cm³/mol. The molecule has 0 atom stereocenters. The van der Waals surface area contributed by atoms with E-state index in [4.69, 9.17) is 15.6 Å². The minimum atomic E-state index is -0.891. The second kappa shape index (κ2) is 7.13. The lowest BCUT2D eigenvalue weighted by molar-refractivity contribution is -0.133. The Hall–Kier alpha value is -1.28. The average molecular weight is 260 g/mol. The van der Waals surface area contributed by atoms with Crippen LogP contribution in [0.2, 0.25) is 0 Å². The van der Waals surface area contributed by atoms with Gasteiger partial charge >= 0.3 is 5.97 Å². The van der Waals surface area contributed by atoms with E-state index in [2.05, 4.69) is 10.2 Å². The molecule has 0 saturated carbocycles. The first-order chi connectivity index (χ1) is 8.15. The Morgan fingerprint density at radius 2 is 2.35 bits per heavy atom. The Labute approximate surface area is 103 Å². The molecule has 3 N–H and O–H groups in total. The van der Waals surface area contributed by atoms with Crippen LogP contribution in [0, 0.1) is 0 Å². The molecule has 96 valence electrons. The number of nitrogens with two attached hydrogens (primary N) is 1. The lowest BCUT2D eigenvalue weighted by Crippen LogP contribution is -2.08. The first kappa shape index (κ1) is 13.8. The second-order valence-corrected chi connectivity index (χ2v) is 4.17. The van der Waals surface area contributed by atoms with Crippen LogP contribution in [-0.2, 0) is 16.1 Å². The highest BCUT2D eigenvalue weighted by Crippen LogP contribution is 2.18. The van der Waals surface area contributed by atoms with Crippen molar-refractivity contribution in [1.82, 2.24) is 14.8 Å². The van der Waals surface area contributed by atoms with Gasteiger partial charge in [0.1, 0.15) is 0 Å². The molecule has 0 saturated heterocycles. The number of aliphatic carboxylic acids is 1. The largest absolute Gasteiger partial charge is 0.481 e. The van der Waals surface area contributed by atoms with Crippen molar-refractivity contribution in [1.29, 1.82) is 0 Å². The van der Waals surface area contributed by atoms with Crippen LogP contribution < -0.4 is 5.73 Å². The molecular formula is C9H16N4O3S. The molecule has 0 spiro atoms. The van der Waals surface area contributed by atoms with Gasteiger partial charge in [0.05, 0.1) is 5.75 Å². The van der Waals surface area contributed by atoms with Crippen molar-refractivity contribution in [2.75, 3.05) is 24.7 Å². The van der Waals surface area contributed by atoms with E-state index in [1.165, 1.54) is 0 Å². The fraction of sp³-hybridized carbons (Fsp3) is 0.667. The average Bonchev–Trinajstić information content (AvgIpc) is 2.63. The zero-order valence-corrected chi connectivity index (χ0v) is 10.4. The fourth-order valence-corrected chi connectivity index (χ4v) is 1.90. The number of carboxylic acid groups (broad SMARTS) is 1. The van der Waals surface area contributed by atoms with E-state index >= 15 is 0 Å². The molecule has 17 heavy (non-hydrogen) atoms. The summed E-state index contributed by atoms with van der Waals surface area (Å²) in [5.41, 5.74) is 5.65. The van der Waals surface area contributed by atoms with Crippen LogP contribution in [0.5, 0.6) is 0 Å². The van der Waals surface area contributed by atoms with Crippen molar-refractivity contribution in [3.05, 3.63) is 0 Å². The van der Waals surface area contributed by atoms with Crippen molar-refractivity contribution >= 4 is 23.7 Å². The molecule has 0 aliphatic carbocycles. The first-order valence-corrected chi connectivity index (χ1v) is 6.24. The number of ether oxygens (including phenoxy) is 1. The molecule has 7 nitrogen and oxygen atoms in total. The van der Waals surface area contributed by atoms with Crippen molar-refractivity contribution in [3.63, 3.8) is 0 Å². The lowest BCUT2D eigenvalue weighted by atomic mass is 10.4. The van der Waals surface area contributed by atoms with Gasteiger partial charge in [-0.1, -0.05) is 11.8 Å². The number of rotatable bonds is 8. The maximum absolute atomic E-state index is 10.5. The number of carboxylic acids is 1. The summed E-state index contributed by atoms with van der Waals surface area (Å²) in [6.45, 7) is 3.87. The van der Waals surface area contributed by atoms with Crippen LogP contribution in [0.3, 0.4) is 0 Å². The van der Waals surface area contributed by atoms with E-state index in [1.54, 1.807) is 4.57 Å². The third kappa shape index (κ3) is 4.61. The Kier molecular flexibility index (Phi) is 5.78. The summed E-state index contributed by atoms with van der Waals surface area (Å²) < 4.78 is 6.91. The molecule has 0 bridgehead atoms. The summed E-state index contributed by atoms with van der Waals surface area (Å²) in [6, 6.07) is 0. The SMILES string of the molecule is CCOCCCn1c(N)nnc1SCC(=O)O. The van der Waals surface area contributed by atoms with Gasteiger partial charge in [0.15, 0.2) is 5.16 Å². The highest BCUT2D eigenvalue weighted by Gasteiger charge is 2.11. The van der Waals surface area contributed by atoms with Crippen LogP contribution in [0.4, 0.5) is 5.95 Å². The Balaban J connectivity index is 2.50. The second-order valence-electron chi connectivity index (χ2n) is 3.23. The van der Waals surface area contributed by atoms with Gasteiger partial charge in [-0.3, -0.25) is 9.36 Å². The number of hydrogen-bond acceptors (Lipinski definition) is 6. The van der Waals surface area contributed by atoms with Crippen LogP contribution in [0.15, 0.2) is 5.16 Å². The number of carbonyl (C=O) groups is 1. The molecule has 0 aliphatic rings. The van der Waals surface area contributed by atoms with Crippen molar-refractivity contribution < 1.29 is 14.6 Å². The maximum Gasteiger partial charge on any atom is 0.313 e. The van der Waals surface area contributed by atoms with Gasteiger partial charge in [0, 0.05) is 19.8 Å². The summed E-state index contributed by atoms with van der Waals surface area (Å²) in [4.78, 5) is 10.5. The summed E-state index contributed by atoms with van der Waals surface area (Å²) in [7, 11) is 0. The van der Waals surface area contributed by atoms with Gasteiger partial charge in [0.25, 0.3) is 0 Å². The van der Waals surface area contributed by atoms with Gasteiger partial charge in [-0.2, -0.15) is 0 Å². The molecule has 1 aromatic rings. The summed E-state index contributed by atoms with van der Waals surface area (Å²) in [5.74, 6) is -0.643. The number of aromatic nitrogens is 3. The zero-order chi connectivity index (χ0) is 12.7. The smallest absolute Gasteiger partial charge is 0.313 e. The Bertz CT molecular complexity index is 369. The lowest BCUT2D eigenvalue weighted by Gasteiger charge is -2.07. The molecule has 1 heterocycles. The van der Waals surface area contributed by atoms with Gasteiger partial charge in [-0.25, -0.2) is 0 Å². The molecule has 0 amide bonds. The fourth-order valence-electron chi connectivity index (χ4n) is 1.21. The molecule has 0 aromatic carbocycles. The molecule has 0 unspecified atom stereocenters. The minimum absolute atomic E-state index is 0.0520. The van der Waals surface area contributed by atoms with Crippen molar-refractivity contribution in [3.8, 4) is 0 Å². The van der Waals surface area contributed by atoms with Crippen LogP contribution in [0.1, 0.15) is 13.3 Å². The third-order valence-corrected chi connectivity index (χ3v) is 2.90. The molecular weight excluding hydrogens is 244 g/mol. The van der Waals surface area contributed by atoms with Crippen LogP contribution in [-0.4, -0.2) is 44.8 Å². The summed E-state index contributed by atoms with van der Waals surface area (Å²) in [5, 5.41) is 16.7. The van der Waals surface area contributed by atoms with Gasteiger partial charge in [0.2, 0.25) is 5.95 Å². The summed E-state index contributed by atoms with van der Waals surface area (Å²) in [6.07, 6.45) is 0.788. The van der Waals surface area contributed by atoms with Crippen molar-refractivity contribution in [2.45, 2.75) is 25.0 Å². The number of anilines is 1. The van der Waals surface area contributed by atoms with Gasteiger partial charge in [-0.15, -0.1) is 10.2 Å². The highest BCUT2D eigenvalue weighted by atomic mass is 32.2. The standard InChI is InChI=1S/C9H16N4O3S/c1-2-16-5-3-4-13-8(10)11-12-9(13)17-6-7(14)15/h2-6H2,1H3,(H2,10,11)(H,14,15). The van der Waals surface area contributed by atoms with Gasteiger partial charge in [-0.05, 0) is 13.3 Å². The van der Waals surface area contributed by atoms with E-state index in [1.807, 2.05) is 6.92 Å². The number of nitrogens with zero attached hydrogens (tertiary/aromatic N) is 3. The van der Waals surface area contributed by atoms with Gasteiger partial charge < -0.3 is 15.6 Å². The number of nitrogen functional groups attached to an aromatic ring is 1. The molecule has 0 radical (unpaired) electrons. The number of thioether (sulfide) groups is 1. The molecule has 8 heteroatoms.